The van der Waals surface area contributed by atoms with Gasteiger partial charge in [-0.05, 0) is 44.4 Å². The first-order chi connectivity index (χ1) is 24.3. The summed E-state index contributed by atoms with van der Waals surface area (Å²) in [6.45, 7) is 6.33. The van der Waals surface area contributed by atoms with Crippen LogP contribution in [0.2, 0.25) is 0 Å². The van der Waals surface area contributed by atoms with E-state index in [1.165, 1.54) is 109 Å². The molecule has 0 heterocycles. The third-order valence-electron chi connectivity index (χ3n) is 9.69. The normalized spacial score (nSPS) is 13.6. The summed E-state index contributed by atoms with van der Waals surface area (Å²) in [6.07, 6.45) is 34.4. The van der Waals surface area contributed by atoms with Crippen LogP contribution in [0.4, 0.5) is 0 Å². The van der Waals surface area contributed by atoms with Gasteiger partial charge in [-0.1, -0.05) is 174 Å². The van der Waals surface area contributed by atoms with Gasteiger partial charge in [0.25, 0.3) is 0 Å². The SMILES string of the molecule is CCCCC/C=C\C[C@H](O)[C@@H](O)CCCCCCCC(=O)O[C@@H](CO)COC(=O)CCCCCCCCCCCCCCCCCCC(C)C. The van der Waals surface area contributed by atoms with Crippen LogP contribution in [0.3, 0.4) is 0 Å². The Morgan fingerprint density at radius 2 is 1.02 bits per heavy atom. The maximum absolute atomic E-state index is 12.2. The second-order valence-electron chi connectivity index (χ2n) is 15.2. The summed E-state index contributed by atoms with van der Waals surface area (Å²) < 4.78 is 10.6. The van der Waals surface area contributed by atoms with Gasteiger partial charge in [0.15, 0.2) is 6.10 Å². The molecule has 0 aromatic rings. The summed E-state index contributed by atoms with van der Waals surface area (Å²) in [5.41, 5.74) is 0. The lowest BCUT2D eigenvalue weighted by molar-refractivity contribution is -0.161. The molecule has 0 unspecified atom stereocenters. The summed E-state index contributed by atoms with van der Waals surface area (Å²) in [6, 6.07) is 0. The zero-order chi connectivity index (χ0) is 36.9. The molecule has 0 saturated carbocycles. The zero-order valence-corrected chi connectivity index (χ0v) is 33.1. The van der Waals surface area contributed by atoms with Gasteiger partial charge in [0.1, 0.15) is 6.61 Å². The second kappa shape index (κ2) is 37.3. The average Bonchev–Trinajstić information content (AvgIpc) is 3.10. The van der Waals surface area contributed by atoms with E-state index >= 15 is 0 Å². The van der Waals surface area contributed by atoms with Gasteiger partial charge in [0.05, 0.1) is 18.8 Å². The third kappa shape index (κ3) is 35.0. The number of carbonyl (C=O) groups is 2. The Bertz CT molecular complexity index is 768. The molecule has 0 fully saturated rings. The number of hydrogen-bond donors (Lipinski definition) is 3. The maximum atomic E-state index is 12.2. The number of aliphatic hydroxyl groups excluding tert-OH is 3. The van der Waals surface area contributed by atoms with Crippen molar-refractivity contribution in [3.8, 4) is 0 Å². The first-order valence-electron chi connectivity index (χ1n) is 21.3. The van der Waals surface area contributed by atoms with E-state index in [0.29, 0.717) is 25.7 Å². The Kier molecular flexibility index (Phi) is 36.2. The second-order valence-corrected chi connectivity index (χ2v) is 15.2. The van der Waals surface area contributed by atoms with E-state index in [-0.39, 0.29) is 31.6 Å². The predicted octanol–water partition coefficient (Wildman–Crippen LogP) is 11.1. The van der Waals surface area contributed by atoms with E-state index < -0.39 is 18.3 Å². The monoisotopic (exact) mass is 711 g/mol. The molecule has 296 valence electrons. The van der Waals surface area contributed by atoms with Gasteiger partial charge in [0, 0.05) is 12.8 Å². The lowest BCUT2D eigenvalue weighted by Crippen LogP contribution is -2.28. The number of unbranched alkanes of at least 4 members (excludes halogenated alkanes) is 22. The minimum atomic E-state index is -0.824. The Balaban J connectivity index is 3.61. The number of carbonyl (C=O) groups excluding carboxylic acids is 2. The van der Waals surface area contributed by atoms with Gasteiger partial charge in [-0.2, -0.15) is 0 Å². The summed E-state index contributed by atoms with van der Waals surface area (Å²) in [5, 5.41) is 29.9. The largest absolute Gasteiger partial charge is 0.462 e. The lowest BCUT2D eigenvalue weighted by Gasteiger charge is -2.16. The summed E-state index contributed by atoms with van der Waals surface area (Å²) in [4.78, 5) is 24.3. The quantitative estimate of drug-likeness (QED) is 0.0332. The van der Waals surface area contributed by atoms with Gasteiger partial charge >= 0.3 is 11.9 Å². The molecule has 3 atom stereocenters. The minimum Gasteiger partial charge on any atom is -0.462 e. The van der Waals surface area contributed by atoms with E-state index in [9.17, 15) is 24.9 Å². The van der Waals surface area contributed by atoms with Crippen molar-refractivity contribution in [3.05, 3.63) is 12.2 Å². The van der Waals surface area contributed by atoms with E-state index in [2.05, 4.69) is 26.8 Å². The van der Waals surface area contributed by atoms with Crippen LogP contribution in [-0.2, 0) is 19.1 Å². The van der Waals surface area contributed by atoms with Crippen LogP contribution in [0.15, 0.2) is 12.2 Å². The van der Waals surface area contributed by atoms with Crippen LogP contribution < -0.4 is 0 Å². The molecule has 0 aromatic carbocycles. The van der Waals surface area contributed by atoms with Gasteiger partial charge in [0.2, 0.25) is 0 Å². The number of rotatable bonds is 38. The zero-order valence-electron chi connectivity index (χ0n) is 33.1. The smallest absolute Gasteiger partial charge is 0.306 e. The number of allylic oxidation sites excluding steroid dienone is 1. The van der Waals surface area contributed by atoms with Crippen molar-refractivity contribution in [1.29, 1.82) is 0 Å². The third-order valence-corrected chi connectivity index (χ3v) is 9.69. The molecular formula is C43H82O7. The standard InChI is InChI=1S/C43H82O7/c1-4-5-6-7-22-27-32-40(45)41(46)33-28-23-20-25-30-35-43(48)50-39(36-44)37-49-42(47)34-29-24-19-17-15-13-11-9-8-10-12-14-16-18-21-26-31-38(2)3/h22,27,38-41,44-46H,4-21,23-26,28-37H2,1-3H3/b27-22-/t39-,40-,41-/m0/s1. The van der Waals surface area contributed by atoms with E-state index in [0.717, 1.165) is 57.3 Å². The Morgan fingerprint density at radius 3 is 1.50 bits per heavy atom. The highest BCUT2D eigenvalue weighted by Gasteiger charge is 2.17. The first-order valence-corrected chi connectivity index (χ1v) is 21.3. The molecule has 0 aliphatic heterocycles. The highest BCUT2D eigenvalue weighted by atomic mass is 16.6. The molecule has 0 aliphatic carbocycles. The Morgan fingerprint density at radius 1 is 0.560 bits per heavy atom. The lowest BCUT2D eigenvalue weighted by atomic mass is 10.0. The van der Waals surface area contributed by atoms with Crippen molar-refractivity contribution in [2.75, 3.05) is 13.2 Å². The van der Waals surface area contributed by atoms with Crippen LogP contribution in [0.5, 0.6) is 0 Å². The predicted molar refractivity (Wildman–Crippen MR) is 208 cm³/mol. The highest BCUT2D eigenvalue weighted by Crippen LogP contribution is 2.16. The minimum absolute atomic E-state index is 0.109. The molecule has 7 heteroatoms. The van der Waals surface area contributed by atoms with E-state index in [1.807, 2.05) is 6.08 Å². The fraction of sp³-hybridized carbons (Fsp3) is 0.907. The molecule has 3 N–H and O–H groups in total. The maximum Gasteiger partial charge on any atom is 0.306 e. The van der Waals surface area contributed by atoms with Crippen molar-refractivity contribution in [2.45, 2.75) is 232 Å². The van der Waals surface area contributed by atoms with Crippen molar-refractivity contribution in [3.63, 3.8) is 0 Å². The Labute approximate surface area is 308 Å². The topological polar surface area (TPSA) is 113 Å². The fourth-order valence-corrected chi connectivity index (χ4v) is 6.29. The van der Waals surface area contributed by atoms with Crippen LogP contribution in [0.25, 0.3) is 0 Å². The molecular weight excluding hydrogens is 628 g/mol. The molecule has 0 spiro atoms. The van der Waals surface area contributed by atoms with Crippen LogP contribution in [0.1, 0.15) is 213 Å². The fourth-order valence-electron chi connectivity index (χ4n) is 6.29. The van der Waals surface area contributed by atoms with Crippen LogP contribution >= 0.6 is 0 Å². The molecule has 0 radical (unpaired) electrons. The van der Waals surface area contributed by atoms with Crippen molar-refractivity contribution in [2.24, 2.45) is 5.92 Å². The van der Waals surface area contributed by atoms with Crippen LogP contribution in [0, 0.1) is 5.92 Å². The van der Waals surface area contributed by atoms with Gasteiger partial charge in [-0.25, -0.2) is 0 Å². The number of esters is 2. The molecule has 7 nitrogen and oxygen atoms in total. The van der Waals surface area contributed by atoms with Gasteiger partial charge in [-0.15, -0.1) is 0 Å². The van der Waals surface area contributed by atoms with E-state index in [4.69, 9.17) is 9.47 Å². The van der Waals surface area contributed by atoms with Crippen LogP contribution in [-0.4, -0.2) is 58.8 Å². The van der Waals surface area contributed by atoms with Gasteiger partial charge in [-0.3, -0.25) is 9.59 Å². The average molecular weight is 711 g/mol. The summed E-state index contributed by atoms with van der Waals surface area (Å²) in [5.74, 6) is 0.158. The highest BCUT2D eigenvalue weighted by molar-refractivity contribution is 5.70. The first kappa shape index (κ1) is 48.6. The molecule has 50 heavy (non-hydrogen) atoms. The van der Waals surface area contributed by atoms with E-state index in [1.54, 1.807) is 0 Å². The number of ether oxygens (including phenoxy) is 2. The van der Waals surface area contributed by atoms with Crippen molar-refractivity contribution in [1.82, 2.24) is 0 Å². The number of hydrogen-bond acceptors (Lipinski definition) is 7. The van der Waals surface area contributed by atoms with Gasteiger partial charge < -0.3 is 24.8 Å². The Hall–Kier alpha value is -1.44. The van der Waals surface area contributed by atoms with Crippen molar-refractivity contribution >= 4 is 11.9 Å². The molecule has 0 rings (SSSR count). The molecule has 0 aromatic heterocycles. The summed E-state index contributed by atoms with van der Waals surface area (Å²) in [7, 11) is 0. The molecule has 0 bridgehead atoms. The van der Waals surface area contributed by atoms with Crippen molar-refractivity contribution < 1.29 is 34.4 Å². The summed E-state index contributed by atoms with van der Waals surface area (Å²) >= 11 is 0. The molecule has 0 saturated heterocycles. The molecule has 0 aliphatic rings. The molecule has 0 amide bonds. The number of aliphatic hydroxyl groups is 3.